The van der Waals surface area contributed by atoms with Gasteiger partial charge in [0.2, 0.25) is 0 Å². The van der Waals surface area contributed by atoms with Crippen molar-refractivity contribution in [1.29, 1.82) is 0 Å². The normalized spacial score (nSPS) is 16.9. The van der Waals surface area contributed by atoms with Crippen LogP contribution in [0.15, 0.2) is 84.2 Å². The maximum Gasteiger partial charge on any atom is 0.573 e. The average Bonchev–Trinajstić information content (AvgIpc) is 3.50. The summed E-state index contributed by atoms with van der Waals surface area (Å²) in [6, 6.07) is 21.2. The summed E-state index contributed by atoms with van der Waals surface area (Å²) < 4.78 is 45.1. The van der Waals surface area contributed by atoms with E-state index < -0.39 is 6.36 Å². The number of aromatic nitrogens is 2. The summed E-state index contributed by atoms with van der Waals surface area (Å²) in [6.07, 6.45) is -3.12. The number of hydrazone groups is 1. The molecule has 0 N–H and O–H groups in total. The van der Waals surface area contributed by atoms with Crippen LogP contribution in [-0.4, -0.2) is 43.6 Å². The number of amides is 1. The summed E-state index contributed by atoms with van der Waals surface area (Å²) in [7, 11) is 0. The average molecular weight is 589 g/mol. The van der Waals surface area contributed by atoms with Crippen LogP contribution in [0, 0.1) is 13.8 Å². The van der Waals surface area contributed by atoms with Crippen molar-refractivity contribution in [1.82, 2.24) is 9.55 Å². The van der Waals surface area contributed by atoms with Crippen LogP contribution in [0.2, 0.25) is 0 Å². The predicted octanol–water partition coefficient (Wildman–Crippen LogP) is 7.48. The van der Waals surface area contributed by atoms with Crippen molar-refractivity contribution in [2.24, 2.45) is 5.10 Å². The molecule has 0 radical (unpaired) electrons. The second-order valence-corrected chi connectivity index (χ2v) is 11.2. The lowest BCUT2D eigenvalue weighted by Crippen LogP contribution is -2.35. The van der Waals surface area contributed by atoms with Crippen molar-refractivity contribution in [2.75, 3.05) is 4.90 Å². The van der Waals surface area contributed by atoms with Crippen molar-refractivity contribution in [3.8, 4) is 11.4 Å². The fourth-order valence-electron chi connectivity index (χ4n) is 5.24. The highest BCUT2D eigenvalue weighted by Gasteiger charge is 2.47. The molecule has 1 aliphatic heterocycles. The van der Waals surface area contributed by atoms with Crippen molar-refractivity contribution in [3.05, 3.63) is 90.3 Å². The van der Waals surface area contributed by atoms with E-state index in [9.17, 15) is 18.0 Å². The number of thioether (sulfide) groups is 1. The molecule has 1 fully saturated rings. The number of rotatable bonds is 5. The molecule has 1 aromatic heterocycles. The molecule has 1 saturated heterocycles. The highest BCUT2D eigenvalue weighted by atomic mass is 32.2. The van der Waals surface area contributed by atoms with Crippen LogP contribution in [0.4, 0.5) is 24.5 Å². The number of benzene rings is 4. The summed E-state index contributed by atoms with van der Waals surface area (Å²) in [5.41, 5.74) is 5.71. The van der Waals surface area contributed by atoms with Gasteiger partial charge in [0, 0.05) is 17.8 Å². The first-order valence-corrected chi connectivity index (χ1v) is 13.9. The van der Waals surface area contributed by atoms with Crippen molar-refractivity contribution in [2.45, 2.75) is 32.4 Å². The molecule has 0 saturated carbocycles. The maximum absolute atomic E-state index is 13.4. The number of carbonyl (C=O) groups is 1. The molecular formula is C31H25F3N5O2S+. The van der Waals surface area contributed by atoms with Crippen molar-refractivity contribution >= 4 is 62.7 Å². The number of aryl methyl sites for hydroxylation is 2. The SMILES string of the molecule is C=N/[N+](=C1/SC(C)C(=O)N1c1c(C)cccc1C)c1ccc2c(ccc3c2ncn3-c2ccc(OC(F)(F)F)cc2)c1. The van der Waals surface area contributed by atoms with Crippen LogP contribution < -0.4 is 9.64 Å². The molecule has 4 aromatic carbocycles. The smallest absolute Gasteiger partial charge is 0.406 e. The molecule has 42 heavy (non-hydrogen) atoms. The zero-order chi connectivity index (χ0) is 29.8. The molecule has 6 rings (SSSR count). The van der Waals surface area contributed by atoms with E-state index in [-0.39, 0.29) is 16.9 Å². The number of nitrogens with zero attached hydrogens (tertiary/aromatic N) is 5. The van der Waals surface area contributed by atoms with Crippen LogP contribution in [0.5, 0.6) is 5.75 Å². The first-order valence-electron chi connectivity index (χ1n) is 13.0. The summed E-state index contributed by atoms with van der Waals surface area (Å²) in [5, 5.41) is 6.47. The quantitative estimate of drug-likeness (QED) is 0.121. The third kappa shape index (κ3) is 4.79. The molecule has 2 heterocycles. The monoisotopic (exact) mass is 588 g/mol. The van der Waals surface area contributed by atoms with Gasteiger partial charge < -0.3 is 4.74 Å². The Labute approximate surface area is 243 Å². The van der Waals surface area contributed by atoms with Gasteiger partial charge in [-0.05, 0) is 97.6 Å². The van der Waals surface area contributed by atoms with E-state index in [1.165, 1.54) is 23.9 Å². The number of alkyl halides is 3. The van der Waals surface area contributed by atoms with Gasteiger partial charge in [0.15, 0.2) is 5.69 Å². The van der Waals surface area contributed by atoms with Gasteiger partial charge in [0.1, 0.15) is 23.0 Å². The van der Waals surface area contributed by atoms with Gasteiger partial charge in [0.25, 0.3) is 0 Å². The number of hydrogen-bond donors (Lipinski definition) is 0. The highest BCUT2D eigenvalue weighted by molar-refractivity contribution is 8.15. The first-order chi connectivity index (χ1) is 20.1. The Hall–Kier alpha value is -4.64. The number of ether oxygens (including phenoxy) is 1. The zero-order valence-electron chi connectivity index (χ0n) is 22.9. The van der Waals surface area contributed by atoms with E-state index in [2.05, 4.69) is 21.5 Å². The maximum atomic E-state index is 13.4. The number of carbonyl (C=O) groups excluding carboxylic acids is 1. The zero-order valence-corrected chi connectivity index (χ0v) is 23.7. The van der Waals surface area contributed by atoms with E-state index in [4.69, 9.17) is 0 Å². The van der Waals surface area contributed by atoms with Crippen LogP contribution in [0.3, 0.4) is 0 Å². The predicted molar refractivity (Wildman–Crippen MR) is 160 cm³/mol. The lowest BCUT2D eigenvalue weighted by molar-refractivity contribution is -0.441. The molecule has 1 unspecified atom stereocenters. The summed E-state index contributed by atoms with van der Waals surface area (Å²) in [4.78, 5) is 19.7. The first kappa shape index (κ1) is 27.5. The van der Waals surface area contributed by atoms with Gasteiger partial charge >= 0.3 is 17.4 Å². The number of anilines is 1. The summed E-state index contributed by atoms with van der Waals surface area (Å²) in [6.45, 7) is 9.66. The molecule has 5 aromatic rings. The molecule has 1 aliphatic rings. The number of amidine groups is 1. The highest BCUT2D eigenvalue weighted by Crippen LogP contribution is 2.37. The lowest BCUT2D eigenvalue weighted by atomic mass is 10.1. The van der Waals surface area contributed by atoms with E-state index in [0.29, 0.717) is 10.9 Å². The van der Waals surface area contributed by atoms with Gasteiger partial charge in [-0.25, -0.2) is 9.78 Å². The van der Waals surface area contributed by atoms with Gasteiger partial charge in [-0.3, -0.25) is 4.57 Å². The Balaban J connectivity index is 1.41. The Kier molecular flexibility index (Phi) is 6.77. The minimum Gasteiger partial charge on any atom is -0.406 e. The van der Waals surface area contributed by atoms with Crippen LogP contribution in [0.1, 0.15) is 18.1 Å². The van der Waals surface area contributed by atoms with Crippen molar-refractivity contribution in [3.63, 3.8) is 0 Å². The molecule has 212 valence electrons. The van der Waals surface area contributed by atoms with Crippen LogP contribution in [-0.2, 0) is 4.79 Å². The largest absolute Gasteiger partial charge is 0.573 e. The van der Waals surface area contributed by atoms with Crippen LogP contribution >= 0.6 is 11.8 Å². The third-order valence-corrected chi connectivity index (χ3v) is 8.26. The molecule has 0 bridgehead atoms. The lowest BCUT2D eigenvalue weighted by Gasteiger charge is -2.15. The molecule has 11 heteroatoms. The van der Waals surface area contributed by atoms with Gasteiger partial charge in [-0.15, -0.1) is 13.2 Å². The fourth-order valence-corrected chi connectivity index (χ4v) is 6.31. The van der Waals surface area contributed by atoms with E-state index in [0.717, 1.165) is 44.3 Å². The van der Waals surface area contributed by atoms with Gasteiger partial charge in [-0.1, -0.05) is 34.1 Å². The van der Waals surface area contributed by atoms with Gasteiger partial charge in [-0.2, -0.15) is 4.90 Å². The minimum absolute atomic E-state index is 0.0212. The molecule has 1 amide bonds. The second kappa shape index (κ2) is 10.3. The molecule has 1 atom stereocenters. The Morgan fingerprint density at radius 1 is 1.02 bits per heavy atom. The molecule has 0 aliphatic carbocycles. The number of imidazole rings is 1. The Morgan fingerprint density at radius 3 is 2.40 bits per heavy atom. The van der Waals surface area contributed by atoms with Crippen molar-refractivity contribution < 1.29 is 27.4 Å². The molecular weight excluding hydrogens is 563 g/mol. The Bertz CT molecular complexity index is 1890. The van der Waals surface area contributed by atoms with E-state index >= 15 is 0 Å². The Morgan fingerprint density at radius 2 is 1.74 bits per heavy atom. The van der Waals surface area contributed by atoms with Gasteiger partial charge in [0.05, 0.1) is 11.0 Å². The van der Waals surface area contributed by atoms with Crippen LogP contribution in [0.25, 0.3) is 27.5 Å². The fraction of sp³-hybridized carbons (Fsp3) is 0.161. The second-order valence-electron chi connectivity index (χ2n) is 9.90. The van der Waals surface area contributed by atoms with E-state index in [1.807, 2.05) is 69.3 Å². The summed E-state index contributed by atoms with van der Waals surface area (Å²) >= 11 is 1.43. The van der Waals surface area contributed by atoms with E-state index in [1.54, 1.807) is 32.6 Å². The number of fused-ring (bicyclic) bond motifs is 3. The molecule has 7 nitrogen and oxygen atoms in total. The number of halogens is 3. The minimum atomic E-state index is -4.75. The number of hydrogen-bond acceptors (Lipinski definition) is 5. The standard InChI is InChI=1S/C31H25F3N5O2S/c1-18-6-5-7-19(2)28(18)38-29(40)20(3)42-30(38)39(35-4)23-11-14-25-21(16-23)8-15-26-27(25)36-17-37(26)22-9-12-24(13-10-22)41-31(32,33)34/h5-17,20H,4H2,1-3H3/q+1. The topological polar surface area (TPSA) is 62.7 Å². The molecule has 0 spiro atoms. The summed E-state index contributed by atoms with van der Waals surface area (Å²) in [5.74, 6) is -0.313. The third-order valence-electron chi connectivity index (χ3n) is 7.14. The number of para-hydroxylation sites is 1.